The second-order valence-corrected chi connectivity index (χ2v) is 8.88. The quantitative estimate of drug-likeness (QED) is 0.804. The molecule has 1 aromatic rings. The van der Waals surface area contributed by atoms with Crippen molar-refractivity contribution in [1.82, 2.24) is 9.80 Å². The topological polar surface area (TPSA) is 40.6 Å². The molecule has 1 spiro atoms. The van der Waals surface area contributed by atoms with Crippen molar-refractivity contribution in [3.63, 3.8) is 0 Å². The predicted molar refractivity (Wildman–Crippen MR) is 102 cm³/mol. The molecule has 1 aliphatic carbocycles. The maximum atomic E-state index is 12.8. The molecule has 1 aromatic carbocycles. The number of benzene rings is 1. The van der Waals surface area contributed by atoms with Crippen LogP contribution >= 0.6 is 11.6 Å². The Balaban J connectivity index is 1.39. The highest BCUT2D eigenvalue weighted by Gasteiger charge is 2.42. The van der Waals surface area contributed by atoms with Gasteiger partial charge in [0.25, 0.3) is 5.91 Å². The van der Waals surface area contributed by atoms with Crippen LogP contribution in [-0.2, 0) is 4.79 Å². The number of likely N-dealkylation sites (tertiary alicyclic amines) is 2. The lowest BCUT2D eigenvalue weighted by Gasteiger charge is -2.47. The molecule has 3 fully saturated rings. The fourth-order valence-electron chi connectivity index (χ4n) is 4.43. The minimum absolute atomic E-state index is 0.0985. The molecule has 2 saturated heterocycles. The lowest BCUT2D eigenvalue weighted by atomic mass is 9.72. The standard InChI is InChI=1S/C21H27ClN2O2/c1-15-12-17(4-5-18(15)22)20(26)23-10-8-21(9-11-23)7-6-19(25)24(14-21)13-16-2-3-16/h4-5,12,16H,2-3,6-11,13-14H2,1H3. The van der Waals surface area contributed by atoms with Crippen molar-refractivity contribution in [2.75, 3.05) is 26.2 Å². The van der Waals surface area contributed by atoms with Crippen molar-refractivity contribution < 1.29 is 9.59 Å². The summed E-state index contributed by atoms with van der Waals surface area (Å²) in [4.78, 5) is 29.2. The molecule has 0 bridgehead atoms. The molecule has 140 valence electrons. The van der Waals surface area contributed by atoms with Crippen molar-refractivity contribution in [3.8, 4) is 0 Å². The van der Waals surface area contributed by atoms with Gasteiger partial charge < -0.3 is 9.80 Å². The van der Waals surface area contributed by atoms with Gasteiger partial charge in [0.2, 0.25) is 5.91 Å². The van der Waals surface area contributed by atoms with E-state index >= 15 is 0 Å². The number of amides is 2. The van der Waals surface area contributed by atoms with Gasteiger partial charge in [-0.1, -0.05) is 11.6 Å². The van der Waals surface area contributed by atoms with Crippen LogP contribution in [0.3, 0.4) is 0 Å². The summed E-state index contributed by atoms with van der Waals surface area (Å²) in [6, 6.07) is 5.50. The van der Waals surface area contributed by atoms with E-state index in [0.717, 1.165) is 62.5 Å². The highest BCUT2D eigenvalue weighted by atomic mass is 35.5. The van der Waals surface area contributed by atoms with Crippen LogP contribution in [0.5, 0.6) is 0 Å². The number of nitrogens with zero attached hydrogens (tertiary/aromatic N) is 2. The van der Waals surface area contributed by atoms with Gasteiger partial charge in [0.1, 0.15) is 0 Å². The summed E-state index contributed by atoms with van der Waals surface area (Å²) in [6.07, 6.45) is 6.21. The monoisotopic (exact) mass is 374 g/mol. The summed E-state index contributed by atoms with van der Waals surface area (Å²) in [5, 5.41) is 0.696. The molecule has 26 heavy (non-hydrogen) atoms. The molecular weight excluding hydrogens is 348 g/mol. The molecule has 4 nitrogen and oxygen atoms in total. The van der Waals surface area contributed by atoms with E-state index in [9.17, 15) is 9.59 Å². The SMILES string of the molecule is Cc1cc(C(=O)N2CCC3(CCC(=O)N(CC4CC4)C3)CC2)ccc1Cl. The van der Waals surface area contributed by atoms with Gasteiger partial charge in [-0.25, -0.2) is 0 Å². The molecular formula is C21H27ClN2O2. The molecule has 0 N–H and O–H groups in total. The van der Waals surface area contributed by atoms with Gasteiger partial charge >= 0.3 is 0 Å². The summed E-state index contributed by atoms with van der Waals surface area (Å²) in [6.45, 7) is 5.34. The average molecular weight is 375 g/mol. The molecule has 0 aromatic heterocycles. The van der Waals surface area contributed by atoms with Crippen LogP contribution in [0.25, 0.3) is 0 Å². The van der Waals surface area contributed by atoms with Gasteiger partial charge in [-0.15, -0.1) is 0 Å². The Kier molecular flexibility index (Phi) is 4.72. The number of carbonyl (C=O) groups excluding carboxylic acids is 2. The van der Waals surface area contributed by atoms with Gasteiger partial charge in [-0.3, -0.25) is 9.59 Å². The second kappa shape index (κ2) is 6.88. The zero-order chi connectivity index (χ0) is 18.3. The van der Waals surface area contributed by atoms with E-state index in [1.165, 1.54) is 12.8 Å². The van der Waals surface area contributed by atoms with Crippen molar-refractivity contribution in [2.45, 2.75) is 45.4 Å². The molecule has 0 atom stereocenters. The van der Waals surface area contributed by atoms with Gasteiger partial charge in [0, 0.05) is 43.2 Å². The minimum Gasteiger partial charge on any atom is -0.342 e. The molecule has 3 aliphatic rings. The van der Waals surface area contributed by atoms with Crippen LogP contribution in [0.2, 0.25) is 5.02 Å². The van der Waals surface area contributed by atoms with Crippen molar-refractivity contribution in [2.24, 2.45) is 11.3 Å². The number of piperidine rings is 2. The molecule has 2 aliphatic heterocycles. The number of hydrogen-bond acceptors (Lipinski definition) is 2. The fourth-order valence-corrected chi connectivity index (χ4v) is 4.55. The zero-order valence-electron chi connectivity index (χ0n) is 15.5. The van der Waals surface area contributed by atoms with Gasteiger partial charge in [-0.2, -0.15) is 0 Å². The highest BCUT2D eigenvalue weighted by molar-refractivity contribution is 6.31. The summed E-state index contributed by atoms with van der Waals surface area (Å²) >= 11 is 6.08. The number of carbonyl (C=O) groups is 2. The van der Waals surface area contributed by atoms with E-state index in [4.69, 9.17) is 11.6 Å². The average Bonchev–Trinajstić information content (AvgIpc) is 3.45. The van der Waals surface area contributed by atoms with Crippen molar-refractivity contribution >= 4 is 23.4 Å². The summed E-state index contributed by atoms with van der Waals surface area (Å²) in [7, 11) is 0. The summed E-state index contributed by atoms with van der Waals surface area (Å²) < 4.78 is 0. The Morgan fingerprint density at radius 1 is 1.23 bits per heavy atom. The summed E-state index contributed by atoms with van der Waals surface area (Å²) in [5.41, 5.74) is 1.87. The normalized spacial score (nSPS) is 22.8. The first kappa shape index (κ1) is 17.8. The number of halogens is 1. The first-order chi connectivity index (χ1) is 12.5. The third kappa shape index (κ3) is 3.62. The van der Waals surface area contributed by atoms with Crippen molar-refractivity contribution in [1.29, 1.82) is 0 Å². The van der Waals surface area contributed by atoms with Crippen molar-refractivity contribution in [3.05, 3.63) is 34.3 Å². The van der Waals surface area contributed by atoms with E-state index in [0.29, 0.717) is 17.4 Å². The molecule has 0 unspecified atom stereocenters. The van der Waals surface area contributed by atoms with Crippen LogP contribution in [0.1, 0.15) is 54.4 Å². The first-order valence-corrected chi connectivity index (χ1v) is 10.2. The predicted octanol–water partition coefficient (Wildman–Crippen LogP) is 3.90. The Morgan fingerprint density at radius 3 is 2.62 bits per heavy atom. The Labute approximate surface area is 160 Å². The fraction of sp³-hybridized carbons (Fsp3) is 0.619. The lowest BCUT2D eigenvalue weighted by molar-refractivity contribution is -0.139. The molecule has 5 heteroatoms. The van der Waals surface area contributed by atoms with Crippen LogP contribution in [-0.4, -0.2) is 47.8 Å². The molecule has 0 radical (unpaired) electrons. The van der Waals surface area contributed by atoms with Gasteiger partial charge in [0.15, 0.2) is 0 Å². The third-order valence-electron chi connectivity index (χ3n) is 6.44. The summed E-state index contributed by atoms with van der Waals surface area (Å²) in [5.74, 6) is 1.17. The van der Waals surface area contributed by atoms with E-state index < -0.39 is 0 Å². The second-order valence-electron chi connectivity index (χ2n) is 8.47. The van der Waals surface area contributed by atoms with Gasteiger partial charge in [-0.05, 0) is 74.1 Å². The molecule has 4 rings (SSSR count). The number of hydrogen-bond donors (Lipinski definition) is 0. The van der Waals surface area contributed by atoms with Gasteiger partial charge in [0.05, 0.1) is 0 Å². The van der Waals surface area contributed by atoms with Crippen LogP contribution in [0, 0.1) is 18.3 Å². The molecule has 1 saturated carbocycles. The number of aryl methyl sites for hydroxylation is 1. The largest absolute Gasteiger partial charge is 0.342 e. The van der Waals surface area contributed by atoms with E-state index in [1.54, 1.807) is 6.07 Å². The lowest BCUT2D eigenvalue weighted by Crippen LogP contribution is -2.52. The Morgan fingerprint density at radius 2 is 1.96 bits per heavy atom. The van der Waals surface area contributed by atoms with Crippen LogP contribution < -0.4 is 0 Å². The van der Waals surface area contributed by atoms with Crippen LogP contribution in [0.15, 0.2) is 18.2 Å². The maximum absolute atomic E-state index is 12.8. The Hall–Kier alpha value is -1.55. The maximum Gasteiger partial charge on any atom is 0.253 e. The van der Waals surface area contributed by atoms with E-state index in [-0.39, 0.29) is 11.3 Å². The number of rotatable bonds is 3. The molecule has 2 amide bonds. The highest BCUT2D eigenvalue weighted by Crippen LogP contribution is 2.42. The zero-order valence-corrected chi connectivity index (χ0v) is 16.2. The smallest absolute Gasteiger partial charge is 0.253 e. The first-order valence-electron chi connectivity index (χ1n) is 9.79. The Bertz CT molecular complexity index is 721. The molecule has 2 heterocycles. The third-order valence-corrected chi connectivity index (χ3v) is 6.86. The van der Waals surface area contributed by atoms with Crippen LogP contribution in [0.4, 0.5) is 0 Å². The van der Waals surface area contributed by atoms with E-state index in [1.807, 2.05) is 24.0 Å². The minimum atomic E-state index is 0.0985. The van der Waals surface area contributed by atoms with E-state index in [2.05, 4.69) is 4.90 Å².